The lowest BCUT2D eigenvalue weighted by atomic mass is 9.99. The van der Waals surface area contributed by atoms with E-state index in [0.29, 0.717) is 48.4 Å². The molecule has 3 saturated carbocycles. The second kappa shape index (κ2) is 14.8. The van der Waals surface area contributed by atoms with Gasteiger partial charge in [-0.2, -0.15) is 52.7 Å². The number of hydrogen-bond acceptors (Lipinski definition) is 0. The molecule has 2 aromatic carbocycles. The molecular formula is C35H40F12P2. The van der Waals surface area contributed by atoms with Crippen LogP contribution in [0.2, 0.25) is 0 Å². The average Bonchev–Trinajstić information content (AvgIpc) is 3.50. The van der Waals surface area contributed by atoms with Gasteiger partial charge in [0.05, 0.1) is 22.3 Å². The fourth-order valence-corrected chi connectivity index (χ4v) is 16.7. The standard InChI is InChI=1S/C35H40F12P2/c1-21(48(26-9-4-2-5-10-26)27-11-6-3-7-12-27)30-13-8-14-31(30)49(28-17-22(32(36,37)38)15-23(18-28)33(39,40)41)29-19-24(34(42,43)44)16-25(20-29)35(45,46)47/h15-21,26-27,30-31H,2-14H2,1H3/t21-,30?,31?/m0/s1. The largest absolute Gasteiger partial charge is 0.416 e. The molecule has 3 atom stereocenters. The van der Waals surface area contributed by atoms with Crippen molar-refractivity contribution in [3.05, 3.63) is 58.7 Å². The van der Waals surface area contributed by atoms with E-state index in [1.165, 1.54) is 0 Å². The highest BCUT2D eigenvalue weighted by molar-refractivity contribution is 7.73. The number of benzene rings is 2. The molecule has 274 valence electrons. The van der Waals surface area contributed by atoms with E-state index in [2.05, 4.69) is 6.92 Å². The van der Waals surface area contributed by atoms with Gasteiger partial charge in [-0.3, -0.25) is 0 Å². The van der Waals surface area contributed by atoms with Gasteiger partial charge in [0.1, 0.15) is 0 Å². The van der Waals surface area contributed by atoms with Crippen LogP contribution in [-0.2, 0) is 24.7 Å². The Bertz CT molecular complexity index is 1260. The smallest absolute Gasteiger partial charge is 0.166 e. The maximum Gasteiger partial charge on any atom is 0.416 e. The zero-order valence-electron chi connectivity index (χ0n) is 27.0. The Morgan fingerprint density at radius 2 is 0.816 bits per heavy atom. The van der Waals surface area contributed by atoms with Crippen LogP contribution in [-0.4, -0.2) is 22.6 Å². The van der Waals surface area contributed by atoms with Crippen LogP contribution in [0.25, 0.3) is 0 Å². The molecule has 3 aliphatic carbocycles. The summed E-state index contributed by atoms with van der Waals surface area (Å²) in [6.45, 7) is 2.09. The van der Waals surface area contributed by atoms with Gasteiger partial charge in [-0.25, -0.2) is 0 Å². The van der Waals surface area contributed by atoms with Crippen LogP contribution in [0.15, 0.2) is 36.4 Å². The molecule has 0 amide bonds. The van der Waals surface area contributed by atoms with Gasteiger partial charge in [-0.05, 0) is 122 Å². The first-order valence-electron chi connectivity index (χ1n) is 16.9. The Labute approximate surface area is 281 Å². The lowest BCUT2D eigenvalue weighted by Crippen LogP contribution is -2.35. The Hall–Kier alpha value is -1.54. The van der Waals surface area contributed by atoms with Crippen molar-refractivity contribution < 1.29 is 52.7 Å². The molecule has 0 radical (unpaired) electrons. The van der Waals surface area contributed by atoms with Crippen LogP contribution < -0.4 is 10.6 Å². The predicted octanol–water partition coefficient (Wildman–Crippen LogP) is 12.9. The molecule has 3 aliphatic rings. The van der Waals surface area contributed by atoms with Crippen LogP contribution in [0, 0.1) is 5.92 Å². The molecule has 0 nitrogen and oxygen atoms in total. The Balaban J connectivity index is 1.71. The summed E-state index contributed by atoms with van der Waals surface area (Å²) in [6, 6.07) is 1.95. The first-order chi connectivity index (χ1) is 22.7. The molecule has 0 aliphatic heterocycles. The van der Waals surface area contributed by atoms with Gasteiger partial charge in [-0.1, -0.05) is 59.8 Å². The van der Waals surface area contributed by atoms with Crippen molar-refractivity contribution in [1.29, 1.82) is 0 Å². The molecule has 0 aromatic heterocycles. The third-order valence-electron chi connectivity index (χ3n) is 10.6. The SMILES string of the molecule is C[C@@H](C1CCCC1P(c1cc(C(F)(F)F)cc(C(F)(F)F)c1)c1cc(C(F)(F)F)cc(C(F)(F)F)c1)P(C1CCCCC1)C1CCCCC1. The molecular weight excluding hydrogens is 710 g/mol. The van der Waals surface area contributed by atoms with Gasteiger partial charge in [0.2, 0.25) is 0 Å². The molecule has 0 spiro atoms. The van der Waals surface area contributed by atoms with E-state index in [9.17, 15) is 52.7 Å². The van der Waals surface area contributed by atoms with Crippen molar-refractivity contribution in [3.8, 4) is 0 Å². The molecule has 2 aromatic rings. The number of halogens is 12. The van der Waals surface area contributed by atoms with Crippen molar-refractivity contribution in [2.24, 2.45) is 5.92 Å². The van der Waals surface area contributed by atoms with Crippen molar-refractivity contribution in [2.75, 3.05) is 0 Å². The maximum absolute atomic E-state index is 14.1. The van der Waals surface area contributed by atoms with E-state index in [4.69, 9.17) is 0 Å². The molecule has 49 heavy (non-hydrogen) atoms. The normalized spacial score (nSPS) is 23.1. The quantitative estimate of drug-likeness (QED) is 0.195. The molecule has 0 saturated heterocycles. The van der Waals surface area contributed by atoms with E-state index in [0.717, 1.165) is 64.2 Å². The topological polar surface area (TPSA) is 0 Å². The summed E-state index contributed by atoms with van der Waals surface area (Å²) in [6.07, 6.45) is -8.92. The van der Waals surface area contributed by atoms with Gasteiger partial charge < -0.3 is 0 Å². The molecule has 14 heteroatoms. The van der Waals surface area contributed by atoms with Crippen molar-refractivity contribution in [3.63, 3.8) is 0 Å². The summed E-state index contributed by atoms with van der Waals surface area (Å²) in [5.74, 6) is -0.270. The van der Waals surface area contributed by atoms with E-state index in [1.807, 2.05) is 0 Å². The Kier molecular flexibility index (Phi) is 11.7. The van der Waals surface area contributed by atoms with Gasteiger partial charge in [0, 0.05) is 0 Å². The minimum atomic E-state index is -5.24. The van der Waals surface area contributed by atoms with E-state index >= 15 is 0 Å². The summed E-state index contributed by atoms with van der Waals surface area (Å²) in [5, 5.41) is -1.01. The van der Waals surface area contributed by atoms with Crippen molar-refractivity contribution in [1.82, 2.24) is 0 Å². The highest BCUT2D eigenvalue weighted by Crippen LogP contribution is 2.64. The Morgan fingerprint density at radius 3 is 1.14 bits per heavy atom. The maximum atomic E-state index is 14.1. The minimum Gasteiger partial charge on any atom is -0.166 e. The molecule has 0 heterocycles. The van der Waals surface area contributed by atoms with E-state index in [-0.39, 0.29) is 30.1 Å². The second-order valence-corrected chi connectivity index (χ2v) is 19.4. The third-order valence-corrected chi connectivity index (χ3v) is 17.6. The van der Waals surface area contributed by atoms with E-state index in [1.54, 1.807) is 0 Å². The zero-order valence-corrected chi connectivity index (χ0v) is 28.8. The number of alkyl halides is 12. The summed E-state index contributed by atoms with van der Waals surface area (Å²) in [4.78, 5) is 0. The van der Waals surface area contributed by atoms with Gasteiger partial charge >= 0.3 is 24.7 Å². The summed E-state index contributed by atoms with van der Waals surface area (Å²) in [7, 11) is -3.19. The molecule has 3 fully saturated rings. The summed E-state index contributed by atoms with van der Waals surface area (Å²) < 4.78 is 169. The number of hydrogen-bond donors (Lipinski definition) is 0. The van der Waals surface area contributed by atoms with Crippen molar-refractivity contribution >= 4 is 26.5 Å². The fourth-order valence-electron chi connectivity index (χ4n) is 8.48. The molecule has 2 unspecified atom stereocenters. The monoisotopic (exact) mass is 750 g/mol. The van der Waals surface area contributed by atoms with Crippen LogP contribution in [0.4, 0.5) is 52.7 Å². The first-order valence-corrected chi connectivity index (χ1v) is 19.9. The molecule has 5 rings (SSSR count). The lowest BCUT2D eigenvalue weighted by Gasteiger charge is -2.46. The van der Waals surface area contributed by atoms with Crippen LogP contribution in [0.3, 0.4) is 0 Å². The Morgan fingerprint density at radius 1 is 0.469 bits per heavy atom. The highest BCUT2D eigenvalue weighted by atomic mass is 31.1. The molecule has 0 bridgehead atoms. The van der Waals surface area contributed by atoms with Crippen LogP contribution in [0.1, 0.15) is 113 Å². The van der Waals surface area contributed by atoms with Crippen LogP contribution >= 0.6 is 15.8 Å². The fraction of sp³-hybridized carbons (Fsp3) is 0.657. The average molecular weight is 751 g/mol. The summed E-state index contributed by atoms with van der Waals surface area (Å²) >= 11 is 0. The van der Waals surface area contributed by atoms with Crippen molar-refractivity contribution in [2.45, 2.75) is 138 Å². The van der Waals surface area contributed by atoms with Gasteiger partial charge in [-0.15, -0.1) is 0 Å². The van der Waals surface area contributed by atoms with Gasteiger partial charge in [0.15, 0.2) is 0 Å². The number of rotatable bonds is 7. The highest BCUT2D eigenvalue weighted by Gasteiger charge is 2.47. The predicted molar refractivity (Wildman–Crippen MR) is 170 cm³/mol. The minimum absolute atomic E-state index is 0.000490. The molecule has 0 N–H and O–H groups in total. The van der Waals surface area contributed by atoms with E-state index < -0.39 is 79.1 Å². The lowest BCUT2D eigenvalue weighted by molar-refractivity contribution is -0.144. The zero-order chi connectivity index (χ0) is 35.9. The third kappa shape index (κ3) is 9.10. The first kappa shape index (κ1) is 38.7. The summed E-state index contributed by atoms with van der Waals surface area (Å²) in [5.41, 5.74) is -6.38. The van der Waals surface area contributed by atoms with Crippen LogP contribution in [0.5, 0.6) is 0 Å². The second-order valence-electron chi connectivity index (χ2n) is 13.8. The van der Waals surface area contributed by atoms with Gasteiger partial charge in [0.25, 0.3) is 0 Å².